The van der Waals surface area contributed by atoms with Crippen molar-refractivity contribution in [2.75, 3.05) is 19.6 Å². The van der Waals surface area contributed by atoms with E-state index < -0.39 is 0 Å². The number of hydrogen-bond donors (Lipinski definition) is 1. The Morgan fingerprint density at radius 1 is 1.05 bits per heavy atom. The first-order valence-corrected chi connectivity index (χ1v) is 14.3. The van der Waals surface area contributed by atoms with Gasteiger partial charge in [-0.3, -0.25) is 9.69 Å². The van der Waals surface area contributed by atoms with Crippen LogP contribution in [-0.2, 0) is 18.3 Å². The number of nitrogens with one attached hydrogen (secondary N) is 1. The molecular weight excluding hydrogens is 476 g/mol. The topological polar surface area (TPSA) is 32.3 Å². The highest BCUT2D eigenvalue weighted by molar-refractivity contribution is 6.30. The van der Waals surface area contributed by atoms with Gasteiger partial charge in [-0.1, -0.05) is 67.9 Å². The molecule has 3 aliphatic rings. The molecule has 1 aliphatic heterocycles. The Labute approximate surface area is 226 Å². The first-order valence-electron chi connectivity index (χ1n) is 13.9. The molecule has 192 valence electrons. The van der Waals surface area contributed by atoms with Crippen molar-refractivity contribution in [3.63, 3.8) is 0 Å². The summed E-state index contributed by atoms with van der Waals surface area (Å²) in [6.45, 7) is 7.97. The number of piperidine rings is 1. The monoisotopic (exact) mass is 512 g/mol. The molecule has 2 fully saturated rings. The molecule has 4 heteroatoms. The molecule has 1 N–H and O–H groups in total. The molecule has 1 saturated carbocycles. The molecule has 6 rings (SSSR count). The number of halogens is 1. The molecule has 3 aromatic rings. The summed E-state index contributed by atoms with van der Waals surface area (Å²) in [7, 11) is 0. The molecule has 1 unspecified atom stereocenters. The average molecular weight is 513 g/mol. The molecule has 37 heavy (non-hydrogen) atoms. The lowest BCUT2D eigenvalue weighted by Crippen LogP contribution is -2.58. The van der Waals surface area contributed by atoms with Crippen molar-refractivity contribution in [3.8, 4) is 11.1 Å². The van der Waals surface area contributed by atoms with Gasteiger partial charge < -0.3 is 5.32 Å². The third kappa shape index (κ3) is 4.96. The maximum atomic E-state index is 13.1. The van der Waals surface area contributed by atoms with Gasteiger partial charge in [0.1, 0.15) is 0 Å². The van der Waals surface area contributed by atoms with Gasteiger partial charge in [-0.2, -0.15) is 0 Å². The largest absolute Gasteiger partial charge is 0.352 e. The van der Waals surface area contributed by atoms with Gasteiger partial charge in [0.05, 0.1) is 0 Å². The number of carbonyl (C=O) groups excluding carboxylic acids is 1. The van der Waals surface area contributed by atoms with E-state index in [1.807, 2.05) is 24.3 Å². The van der Waals surface area contributed by atoms with E-state index in [0.717, 1.165) is 40.5 Å². The van der Waals surface area contributed by atoms with E-state index in [-0.39, 0.29) is 11.3 Å². The molecular formula is C33H37ClN2O. The minimum atomic E-state index is 0.0305. The highest BCUT2D eigenvalue weighted by Crippen LogP contribution is 2.49. The second kappa shape index (κ2) is 9.93. The summed E-state index contributed by atoms with van der Waals surface area (Å²) in [5.41, 5.74) is 7.27. The standard InChI is InChI=1S/C33H37ClN2O/c1-22-31-20-27-12-13-28(19-30(27)33(22,2)15-17-36(31)21-24-6-7-24)32(37)35-16-14-23-8-10-25(11-9-23)26-4-3-5-29(34)18-26/h3-5,8-13,18-19,22,24,31H,6-7,14-17,20-21H2,1-2H3,(H,35,37)/t22-,31?,33-/m0/s1. The molecule has 1 saturated heterocycles. The van der Waals surface area contributed by atoms with E-state index in [0.29, 0.717) is 18.5 Å². The molecule has 0 spiro atoms. The Morgan fingerprint density at radius 2 is 1.86 bits per heavy atom. The third-order valence-electron chi connectivity index (χ3n) is 9.39. The molecule has 1 amide bonds. The second-order valence-electron chi connectivity index (χ2n) is 11.8. The van der Waals surface area contributed by atoms with Crippen molar-refractivity contribution in [2.45, 2.75) is 57.4 Å². The Bertz CT molecular complexity index is 1300. The fraction of sp³-hybridized carbons (Fsp3) is 0.424. The molecule has 3 atom stereocenters. The van der Waals surface area contributed by atoms with Crippen molar-refractivity contribution in [1.82, 2.24) is 10.2 Å². The van der Waals surface area contributed by atoms with Crippen LogP contribution < -0.4 is 5.32 Å². The first-order chi connectivity index (χ1) is 17.9. The Morgan fingerprint density at radius 3 is 2.62 bits per heavy atom. The number of nitrogens with zero attached hydrogens (tertiary/aromatic N) is 1. The summed E-state index contributed by atoms with van der Waals surface area (Å²) in [6.07, 6.45) is 5.93. The average Bonchev–Trinajstić information content (AvgIpc) is 3.72. The minimum Gasteiger partial charge on any atom is -0.352 e. The van der Waals surface area contributed by atoms with Crippen LogP contribution in [0.3, 0.4) is 0 Å². The van der Waals surface area contributed by atoms with Crippen LogP contribution in [0.1, 0.15) is 60.2 Å². The van der Waals surface area contributed by atoms with Crippen LogP contribution in [0.25, 0.3) is 11.1 Å². The molecule has 3 nitrogen and oxygen atoms in total. The molecule has 2 aliphatic carbocycles. The molecule has 2 bridgehead atoms. The van der Waals surface area contributed by atoms with Gasteiger partial charge in [-0.05, 0) is 108 Å². The van der Waals surface area contributed by atoms with E-state index in [4.69, 9.17) is 11.6 Å². The van der Waals surface area contributed by atoms with E-state index in [1.54, 1.807) is 0 Å². The lowest BCUT2D eigenvalue weighted by atomic mass is 9.59. The van der Waals surface area contributed by atoms with E-state index >= 15 is 0 Å². The van der Waals surface area contributed by atoms with Crippen molar-refractivity contribution >= 4 is 17.5 Å². The van der Waals surface area contributed by atoms with Crippen LogP contribution in [0.2, 0.25) is 5.02 Å². The summed E-state index contributed by atoms with van der Waals surface area (Å²) < 4.78 is 0. The number of fused-ring (bicyclic) bond motifs is 4. The molecule has 0 aromatic heterocycles. The summed E-state index contributed by atoms with van der Waals surface area (Å²) in [6, 6.07) is 23.5. The normalized spacial score (nSPS) is 24.9. The summed E-state index contributed by atoms with van der Waals surface area (Å²) in [5, 5.41) is 3.90. The summed E-state index contributed by atoms with van der Waals surface area (Å²) in [4.78, 5) is 15.9. The smallest absolute Gasteiger partial charge is 0.251 e. The minimum absolute atomic E-state index is 0.0305. The zero-order valence-corrected chi connectivity index (χ0v) is 22.7. The highest BCUT2D eigenvalue weighted by atomic mass is 35.5. The van der Waals surface area contributed by atoms with Gasteiger partial charge in [-0.25, -0.2) is 0 Å². The van der Waals surface area contributed by atoms with E-state index in [2.05, 4.69) is 66.5 Å². The number of likely N-dealkylation sites (tertiary alicyclic amines) is 1. The van der Waals surface area contributed by atoms with Crippen molar-refractivity contribution in [3.05, 3.63) is 94.0 Å². The van der Waals surface area contributed by atoms with Crippen LogP contribution in [0.4, 0.5) is 0 Å². The van der Waals surface area contributed by atoms with Gasteiger partial charge in [0.25, 0.3) is 5.91 Å². The summed E-state index contributed by atoms with van der Waals surface area (Å²) in [5.74, 6) is 1.58. The molecule has 1 heterocycles. The predicted octanol–water partition coefficient (Wildman–Crippen LogP) is 6.91. The fourth-order valence-electron chi connectivity index (χ4n) is 6.66. The van der Waals surface area contributed by atoms with Gasteiger partial charge in [0.15, 0.2) is 0 Å². The SMILES string of the molecule is C[C@H]1C2Cc3ccc(C(=O)NCCc4ccc(-c5cccc(Cl)c5)cc4)cc3[C@@]1(C)CCN2CC1CC1. The Kier molecular flexibility index (Phi) is 6.63. The third-order valence-corrected chi connectivity index (χ3v) is 9.62. The number of amides is 1. The van der Waals surface area contributed by atoms with Crippen molar-refractivity contribution < 1.29 is 4.79 Å². The van der Waals surface area contributed by atoms with Gasteiger partial charge in [-0.15, -0.1) is 0 Å². The molecule has 3 aromatic carbocycles. The highest BCUT2D eigenvalue weighted by Gasteiger charge is 2.49. The Hall–Kier alpha value is -2.62. The summed E-state index contributed by atoms with van der Waals surface area (Å²) >= 11 is 6.14. The number of rotatable bonds is 7. The van der Waals surface area contributed by atoms with Gasteiger partial charge in [0.2, 0.25) is 0 Å². The second-order valence-corrected chi connectivity index (χ2v) is 12.2. The van der Waals surface area contributed by atoms with Crippen LogP contribution in [0, 0.1) is 11.8 Å². The first kappa shape index (κ1) is 24.7. The number of benzene rings is 3. The lowest BCUT2D eigenvalue weighted by molar-refractivity contribution is 0.0284. The van der Waals surface area contributed by atoms with Crippen molar-refractivity contribution in [1.29, 1.82) is 0 Å². The van der Waals surface area contributed by atoms with Gasteiger partial charge >= 0.3 is 0 Å². The fourth-order valence-corrected chi connectivity index (χ4v) is 6.85. The maximum Gasteiger partial charge on any atom is 0.251 e. The van der Waals surface area contributed by atoms with Crippen LogP contribution >= 0.6 is 11.6 Å². The van der Waals surface area contributed by atoms with E-state index in [9.17, 15) is 4.79 Å². The van der Waals surface area contributed by atoms with Crippen LogP contribution in [0.15, 0.2) is 66.7 Å². The maximum absolute atomic E-state index is 13.1. The zero-order valence-electron chi connectivity index (χ0n) is 22.0. The zero-order chi connectivity index (χ0) is 25.6. The van der Waals surface area contributed by atoms with Gasteiger partial charge in [0, 0.05) is 29.7 Å². The van der Waals surface area contributed by atoms with E-state index in [1.165, 1.54) is 49.0 Å². The van der Waals surface area contributed by atoms with Crippen LogP contribution in [0.5, 0.6) is 0 Å². The Balaban J connectivity index is 1.09. The number of hydrogen-bond acceptors (Lipinski definition) is 2. The van der Waals surface area contributed by atoms with Crippen molar-refractivity contribution in [2.24, 2.45) is 11.8 Å². The predicted molar refractivity (Wildman–Crippen MR) is 152 cm³/mol. The molecule has 0 radical (unpaired) electrons. The van der Waals surface area contributed by atoms with Crippen LogP contribution in [-0.4, -0.2) is 36.5 Å². The lowest BCUT2D eigenvalue weighted by Gasteiger charge is -2.55. The number of carbonyl (C=O) groups is 1. The quantitative estimate of drug-likeness (QED) is 0.373.